The number of hydrogen-bond donors (Lipinski definition) is 1. The molecule has 1 N–H and O–H groups in total. The molecule has 36 heavy (non-hydrogen) atoms. The summed E-state index contributed by atoms with van der Waals surface area (Å²) in [6.45, 7) is 8.38. The number of rotatable bonds is 6. The lowest BCUT2D eigenvalue weighted by Crippen LogP contribution is -2.41. The molecule has 0 unspecified atom stereocenters. The second kappa shape index (κ2) is 9.16. The van der Waals surface area contributed by atoms with E-state index in [0.29, 0.717) is 34.0 Å². The minimum atomic E-state index is -1.01. The van der Waals surface area contributed by atoms with Gasteiger partial charge in [0, 0.05) is 29.7 Å². The lowest BCUT2D eigenvalue weighted by Gasteiger charge is -2.26. The number of halogens is 1. The van der Waals surface area contributed by atoms with Crippen LogP contribution < -0.4 is 9.47 Å². The van der Waals surface area contributed by atoms with Crippen LogP contribution in [0, 0.1) is 18.7 Å². The van der Waals surface area contributed by atoms with Crippen LogP contribution in [-0.4, -0.2) is 57.4 Å². The number of benzene rings is 2. The third-order valence-electron chi connectivity index (χ3n) is 6.37. The van der Waals surface area contributed by atoms with Crippen molar-refractivity contribution in [2.75, 3.05) is 20.2 Å². The molecule has 2 aromatic carbocycles. The van der Waals surface area contributed by atoms with Crippen LogP contribution in [0.1, 0.15) is 37.8 Å². The number of aryl methyl sites for hydroxylation is 1. The van der Waals surface area contributed by atoms with Crippen LogP contribution in [0.4, 0.5) is 9.18 Å². The van der Waals surface area contributed by atoms with Gasteiger partial charge in [0.1, 0.15) is 11.1 Å². The normalized spacial score (nSPS) is 17.0. The smallest absolute Gasteiger partial charge is 0.407 e. The molecule has 2 aromatic heterocycles. The molecule has 2 atom stereocenters. The Morgan fingerprint density at radius 1 is 1.28 bits per heavy atom. The van der Waals surface area contributed by atoms with Gasteiger partial charge in [0.2, 0.25) is 5.88 Å². The number of thiazole rings is 1. The van der Waals surface area contributed by atoms with Crippen molar-refractivity contribution in [2.24, 2.45) is 5.92 Å². The standard InChI is InChI=1S/C26H27FN4O4S/c1-12(2)10-31(26(32)33)11-19-14(4)21-23(35-19)16(27)8-18-24(21)36-25(30-18)15-6-13(3)7-17-22(15)28-9-20(29-17)34-5/h6-9,12,14,19H,10-11H2,1-5H3,(H,32,33)/t14-,19-/m1/s1. The summed E-state index contributed by atoms with van der Waals surface area (Å²) in [6, 6.07) is 5.32. The van der Waals surface area contributed by atoms with Crippen molar-refractivity contribution in [3.8, 4) is 22.2 Å². The van der Waals surface area contributed by atoms with Crippen LogP contribution in [-0.2, 0) is 0 Å². The maximum atomic E-state index is 15.2. The van der Waals surface area contributed by atoms with Gasteiger partial charge in [-0.25, -0.2) is 24.1 Å². The number of nitrogens with zero attached hydrogens (tertiary/aromatic N) is 4. The fourth-order valence-electron chi connectivity index (χ4n) is 4.72. The number of hydrogen-bond acceptors (Lipinski definition) is 7. The number of fused-ring (bicyclic) bond motifs is 4. The second-order valence-electron chi connectivity index (χ2n) is 9.59. The zero-order valence-electron chi connectivity index (χ0n) is 20.7. The molecule has 0 fully saturated rings. The largest absolute Gasteiger partial charge is 0.485 e. The number of methoxy groups -OCH3 is 1. The molecule has 10 heteroatoms. The molecule has 0 saturated heterocycles. The van der Waals surface area contributed by atoms with Crippen molar-refractivity contribution in [2.45, 2.75) is 39.7 Å². The average molecular weight is 511 g/mol. The first-order valence-electron chi connectivity index (χ1n) is 11.8. The molecule has 188 valence electrons. The fraction of sp³-hybridized carbons (Fsp3) is 0.385. The number of ether oxygens (including phenoxy) is 2. The van der Waals surface area contributed by atoms with Gasteiger partial charge in [-0.3, -0.25) is 0 Å². The van der Waals surface area contributed by atoms with Gasteiger partial charge in [-0.2, -0.15) is 0 Å². The first kappa shape index (κ1) is 24.2. The molecule has 0 spiro atoms. The monoisotopic (exact) mass is 510 g/mol. The van der Waals surface area contributed by atoms with Crippen molar-refractivity contribution in [3.05, 3.63) is 41.3 Å². The topological polar surface area (TPSA) is 97.7 Å². The number of amides is 1. The molecular weight excluding hydrogens is 483 g/mol. The molecule has 8 nitrogen and oxygen atoms in total. The summed E-state index contributed by atoms with van der Waals surface area (Å²) in [4.78, 5) is 27.0. The summed E-state index contributed by atoms with van der Waals surface area (Å²) in [5.41, 5.74) is 4.45. The summed E-state index contributed by atoms with van der Waals surface area (Å²) >= 11 is 1.45. The highest BCUT2D eigenvalue weighted by Gasteiger charge is 2.38. The summed E-state index contributed by atoms with van der Waals surface area (Å²) in [5.74, 6) is 0.0728. The van der Waals surface area contributed by atoms with Gasteiger partial charge >= 0.3 is 6.09 Å². The van der Waals surface area contributed by atoms with Crippen LogP contribution in [0.5, 0.6) is 11.6 Å². The Labute approximate surface area is 211 Å². The van der Waals surface area contributed by atoms with Gasteiger partial charge in [0.15, 0.2) is 11.6 Å². The predicted octanol–water partition coefficient (Wildman–Crippen LogP) is 5.86. The predicted molar refractivity (Wildman–Crippen MR) is 137 cm³/mol. The van der Waals surface area contributed by atoms with Crippen molar-refractivity contribution in [1.29, 1.82) is 0 Å². The van der Waals surface area contributed by atoms with E-state index in [1.54, 1.807) is 13.3 Å². The highest BCUT2D eigenvalue weighted by Crippen LogP contribution is 2.48. The molecule has 0 radical (unpaired) electrons. The third-order valence-corrected chi connectivity index (χ3v) is 7.51. The Hall–Kier alpha value is -3.53. The molecule has 1 amide bonds. The van der Waals surface area contributed by atoms with Crippen LogP contribution in [0.3, 0.4) is 0 Å². The van der Waals surface area contributed by atoms with Crippen LogP contribution in [0.15, 0.2) is 24.4 Å². The highest BCUT2D eigenvalue weighted by atomic mass is 32.1. The second-order valence-corrected chi connectivity index (χ2v) is 10.6. The van der Waals surface area contributed by atoms with E-state index in [9.17, 15) is 9.90 Å². The minimum Gasteiger partial charge on any atom is -0.485 e. The van der Waals surface area contributed by atoms with Crippen molar-refractivity contribution >= 4 is 38.7 Å². The van der Waals surface area contributed by atoms with Crippen molar-refractivity contribution in [1.82, 2.24) is 19.9 Å². The zero-order chi connectivity index (χ0) is 25.7. The van der Waals surface area contributed by atoms with Gasteiger partial charge < -0.3 is 19.5 Å². The molecule has 4 aromatic rings. The Bertz CT molecular complexity index is 1490. The maximum Gasteiger partial charge on any atom is 0.407 e. The quantitative estimate of drug-likeness (QED) is 0.347. The minimum absolute atomic E-state index is 0.163. The lowest BCUT2D eigenvalue weighted by atomic mass is 9.96. The number of carbonyl (C=O) groups is 1. The van der Waals surface area contributed by atoms with E-state index in [0.717, 1.165) is 21.4 Å². The molecule has 0 aliphatic carbocycles. The molecule has 1 aliphatic rings. The third kappa shape index (κ3) is 4.19. The maximum absolute atomic E-state index is 15.2. The van der Waals surface area contributed by atoms with Crippen molar-refractivity contribution < 1.29 is 23.8 Å². The average Bonchev–Trinajstić information content (AvgIpc) is 3.38. The molecule has 3 heterocycles. The van der Waals surface area contributed by atoms with Gasteiger partial charge in [0.05, 0.1) is 41.1 Å². The summed E-state index contributed by atoms with van der Waals surface area (Å²) in [5, 5.41) is 10.4. The van der Waals surface area contributed by atoms with Gasteiger partial charge in [-0.15, -0.1) is 11.3 Å². The van der Waals surface area contributed by atoms with E-state index < -0.39 is 18.0 Å². The Morgan fingerprint density at radius 2 is 2.06 bits per heavy atom. The van der Waals surface area contributed by atoms with Gasteiger partial charge in [-0.1, -0.05) is 20.8 Å². The van der Waals surface area contributed by atoms with E-state index in [4.69, 9.17) is 14.5 Å². The Balaban J connectivity index is 1.58. The van der Waals surface area contributed by atoms with Crippen LogP contribution in [0.2, 0.25) is 0 Å². The lowest BCUT2D eigenvalue weighted by molar-refractivity contribution is 0.103. The first-order chi connectivity index (χ1) is 17.2. The molecule has 5 rings (SSSR count). The molecular formula is C26H27FN4O4S. The van der Waals surface area contributed by atoms with Crippen molar-refractivity contribution in [3.63, 3.8) is 0 Å². The number of carboxylic acid groups (broad SMARTS) is 1. The molecule has 0 saturated carbocycles. The Kier molecular flexibility index (Phi) is 6.15. The summed E-state index contributed by atoms with van der Waals surface area (Å²) in [6.07, 6.45) is 0.0708. The van der Waals surface area contributed by atoms with Crippen LogP contribution >= 0.6 is 11.3 Å². The SMILES string of the molecule is COc1cnc2c(-c3nc4cc(F)c5c(c4s3)[C@H](C)[C@@H](CN(CC(C)C)C(=O)O)O5)cc(C)cc2n1. The van der Waals surface area contributed by atoms with Crippen LogP contribution in [0.25, 0.3) is 31.8 Å². The zero-order valence-corrected chi connectivity index (χ0v) is 21.5. The molecule has 1 aliphatic heterocycles. The van der Waals surface area contributed by atoms with Gasteiger partial charge in [0.25, 0.3) is 0 Å². The van der Waals surface area contributed by atoms with E-state index in [1.165, 1.54) is 22.3 Å². The highest BCUT2D eigenvalue weighted by molar-refractivity contribution is 7.22. The molecule has 0 bridgehead atoms. The number of aromatic nitrogens is 3. The van der Waals surface area contributed by atoms with E-state index in [1.807, 2.05) is 39.8 Å². The Morgan fingerprint density at radius 3 is 2.75 bits per heavy atom. The summed E-state index contributed by atoms with van der Waals surface area (Å²) < 4.78 is 27.2. The van der Waals surface area contributed by atoms with E-state index in [-0.39, 0.29) is 24.1 Å². The summed E-state index contributed by atoms with van der Waals surface area (Å²) in [7, 11) is 1.55. The van der Waals surface area contributed by atoms with Gasteiger partial charge in [-0.05, 0) is 30.5 Å². The van der Waals surface area contributed by atoms with E-state index >= 15 is 4.39 Å². The fourth-order valence-corrected chi connectivity index (χ4v) is 5.92. The van der Waals surface area contributed by atoms with E-state index in [2.05, 4.69) is 9.97 Å². The first-order valence-corrected chi connectivity index (χ1v) is 12.6.